The first-order valence-corrected chi connectivity index (χ1v) is 9.69. The number of nitrogens with two attached hydrogens (primary N) is 1. The lowest BCUT2D eigenvalue weighted by Crippen LogP contribution is -2.37. The van der Waals surface area contributed by atoms with E-state index < -0.39 is 46.9 Å². The quantitative estimate of drug-likeness (QED) is 0.479. The fourth-order valence-electron chi connectivity index (χ4n) is 3.54. The number of hydrogen-bond acceptors (Lipinski definition) is 3. The summed E-state index contributed by atoms with van der Waals surface area (Å²) in [5.41, 5.74) is 3.38. The molecule has 0 bridgehead atoms. The highest BCUT2D eigenvalue weighted by molar-refractivity contribution is 5.72. The van der Waals surface area contributed by atoms with E-state index in [2.05, 4.69) is 0 Å². The molecule has 1 aliphatic rings. The number of hydrogen-bond donors (Lipinski definition) is 1. The van der Waals surface area contributed by atoms with Gasteiger partial charge < -0.3 is 15.2 Å². The molecule has 0 unspecified atom stereocenters. The average Bonchev–Trinajstić information content (AvgIpc) is 2.72. The van der Waals surface area contributed by atoms with Crippen molar-refractivity contribution in [1.29, 1.82) is 0 Å². The molecule has 10 heteroatoms. The molecule has 3 nitrogen and oxygen atoms in total. The summed E-state index contributed by atoms with van der Waals surface area (Å²) in [5, 5.41) is 0. The Hall–Kier alpha value is -2.95. The highest BCUT2D eigenvalue weighted by atomic mass is 19.4. The van der Waals surface area contributed by atoms with E-state index in [1.807, 2.05) is 0 Å². The van der Waals surface area contributed by atoms with Gasteiger partial charge in [0.1, 0.15) is 28.8 Å². The zero-order chi connectivity index (χ0) is 23.9. The summed E-state index contributed by atoms with van der Waals surface area (Å²) in [6, 6.07) is 7.93. The van der Waals surface area contributed by atoms with Gasteiger partial charge in [-0.05, 0) is 35.4 Å². The van der Waals surface area contributed by atoms with Crippen molar-refractivity contribution < 1.29 is 40.2 Å². The van der Waals surface area contributed by atoms with Crippen LogP contribution in [0.4, 0.5) is 30.7 Å². The molecule has 0 saturated carbocycles. The molecule has 1 saturated heterocycles. The SMILES string of the molecule is NC1COC(c2ccc(-c3ccc(-c4cc(F)c(C(F)(F)F)c(F)c4)c(F)c3)c(F)c2)OC1. The predicted octanol–water partition coefficient (Wildman–Crippen LogP) is 5.97. The molecule has 3 aromatic carbocycles. The third kappa shape index (κ3) is 4.73. The van der Waals surface area contributed by atoms with Crippen LogP contribution in [0.2, 0.25) is 0 Å². The maximum absolute atomic E-state index is 14.7. The Morgan fingerprint density at radius 2 is 1.21 bits per heavy atom. The molecule has 0 aliphatic carbocycles. The first kappa shape index (κ1) is 23.2. The lowest BCUT2D eigenvalue weighted by Gasteiger charge is -2.27. The van der Waals surface area contributed by atoms with Gasteiger partial charge in [-0.25, -0.2) is 17.6 Å². The number of benzene rings is 3. The van der Waals surface area contributed by atoms with Crippen molar-refractivity contribution in [2.24, 2.45) is 5.73 Å². The Labute approximate surface area is 183 Å². The minimum Gasteiger partial charge on any atom is -0.347 e. The molecular weight excluding hydrogens is 455 g/mol. The zero-order valence-electron chi connectivity index (χ0n) is 16.7. The summed E-state index contributed by atoms with van der Waals surface area (Å²) in [6.45, 7) is 0.484. The second-order valence-corrected chi connectivity index (χ2v) is 7.51. The van der Waals surface area contributed by atoms with Crippen LogP contribution in [0.1, 0.15) is 17.4 Å². The topological polar surface area (TPSA) is 44.5 Å². The summed E-state index contributed by atoms with van der Waals surface area (Å²) in [4.78, 5) is 0. The van der Waals surface area contributed by atoms with Gasteiger partial charge in [0.2, 0.25) is 0 Å². The maximum Gasteiger partial charge on any atom is 0.422 e. The minimum absolute atomic E-state index is 0.0292. The Morgan fingerprint density at radius 3 is 1.76 bits per heavy atom. The lowest BCUT2D eigenvalue weighted by molar-refractivity contribution is -0.190. The van der Waals surface area contributed by atoms with Gasteiger partial charge in [-0.1, -0.05) is 24.3 Å². The molecule has 0 spiro atoms. The summed E-state index contributed by atoms with van der Waals surface area (Å²) < 4.78 is 106. The van der Waals surface area contributed by atoms with E-state index in [-0.39, 0.29) is 35.9 Å². The van der Waals surface area contributed by atoms with Crippen molar-refractivity contribution in [3.8, 4) is 22.3 Å². The van der Waals surface area contributed by atoms with Crippen molar-refractivity contribution in [2.45, 2.75) is 18.5 Å². The summed E-state index contributed by atoms with van der Waals surface area (Å²) >= 11 is 0. The van der Waals surface area contributed by atoms with Crippen LogP contribution in [0.3, 0.4) is 0 Å². The Morgan fingerprint density at radius 1 is 0.697 bits per heavy atom. The maximum atomic E-state index is 14.7. The van der Waals surface area contributed by atoms with Gasteiger partial charge in [-0.2, -0.15) is 13.2 Å². The minimum atomic E-state index is -5.24. The molecule has 0 aromatic heterocycles. The number of ether oxygens (including phenoxy) is 2. The molecule has 0 radical (unpaired) electrons. The van der Waals surface area contributed by atoms with Gasteiger partial charge >= 0.3 is 6.18 Å². The van der Waals surface area contributed by atoms with Crippen LogP contribution >= 0.6 is 0 Å². The van der Waals surface area contributed by atoms with E-state index in [0.29, 0.717) is 17.7 Å². The molecule has 3 aromatic rings. The standard InChI is InChI=1S/C23H16F7NO2/c24-17-5-11(15-4-2-12(6-18(15)25)22-32-9-14(31)10-33-22)1-3-16(17)13-7-19(26)21(20(27)8-13)23(28,29)30/h1-8,14,22H,9-10,31H2. The monoisotopic (exact) mass is 471 g/mol. The average molecular weight is 471 g/mol. The molecule has 2 N–H and O–H groups in total. The molecule has 1 heterocycles. The number of alkyl halides is 3. The van der Waals surface area contributed by atoms with Crippen molar-refractivity contribution in [1.82, 2.24) is 0 Å². The van der Waals surface area contributed by atoms with Gasteiger partial charge in [0.25, 0.3) is 0 Å². The molecule has 1 fully saturated rings. The largest absolute Gasteiger partial charge is 0.422 e. The van der Waals surface area contributed by atoms with Gasteiger partial charge in [0, 0.05) is 16.7 Å². The highest BCUT2D eigenvalue weighted by Crippen LogP contribution is 2.37. The molecule has 33 heavy (non-hydrogen) atoms. The van der Waals surface area contributed by atoms with Gasteiger partial charge in [-0.15, -0.1) is 0 Å². The molecule has 4 rings (SSSR count). The number of rotatable bonds is 3. The van der Waals surface area contributed by atoms with Crippen molar-refractivity contribution in [3.63, 3.8) is 0 Å². The third-order valence-electron chi connectivity index (χ3n) is 5.11. The van der Waals surface area contributed by atoms with Crippen LogP contribution < -0.4 is 5.73 Å². The Balaban J connectivity index is 1.63. The molecule has 174 valence electrons. The Kier molecular flexibility index (Phi) is 6.17. The van der Waals surface area contributed by atoms with Crippen LogP contribution in [0.25, 0.3) is 22.3 Å². The van der Waals surface area contributed by atoms with E-state index in [1.54, 1.807) is 0 Å². The van der Waals surface area contributed by atoms with Crippen LogP contribution in [0.5, 0.6) is 0 Å². The first-order chi connectivity index (χ1) is 15.5. The molecular formula is C23H16F7NO2. The summed E-state index contributed by atoms with van der Waals surface area (Å²) in [6.07, 6.45) is -6.03. The highest BCUT2D eigenvalue weighted by Gasteiger charge is 2.38. The summed E-state index contributed by atoms with van der Waals surface area (Å²) in [7, 11) is 0. The molecule has 1 aliphatic heterocycles. The fraction of sp³-hybridized carbons (Fsp3) is 0.217. The normalized spacial score (nSPS) is 19.0. The molecule has 0 amide bonds. The predicted molar refractivity (Wildman–Crippen MR) is 105 cm³/mol. The van der Waals surface area contributed by atoms with Crippen LogP contribution in [0.15, 0.2) is 48.5 Å². The van der Waals surface area contributed by atoms with E-state index in [0.717, 1.165) is 12.1 Å². The van der Waals surface area contributed by atoms with E-state index in [1.165, 1.54) is 24.3 Å². The van der Waals surface area contributed by atoms with Gasteiger partial charge in [0.15, 0.2) is 6.29 Å². The Bertz CT molecular complexity index is 1160. The second kappa shape index (κ2) is 8.77. The first-order valence-electron chi connectivity index (χ1n) is 9.69. The van der Waals surface area contributed by atoms with Gasteiger partial charge in [-0.3, -0.25) is 0 Å². The number of halogens is 7. The van der Waals surface area contributed by atoms with Crippen molar-refractivity contribution in [3.05, 3.63) is 82.9 Å². The second-order valence-electron chi connectivity index (χ2n) is 7.51. The van der Waals surface area contributed by atoms with Crippen LogP contribution in [0, 0.1) is 23.3 Å². The summed E-state index contributed by atoms with van der Waals surface area (Å²) in [5.74, 6) is -5.43. The van der Waals surface area contributed by atoms with Gasteiger partial charge in [0.05, 0.1) is 19.3 Å². The zero-order valence-corrected chi connectivity index (χ0v) is 16.7. The van der Waals surface area contributed by atoms with E-state index in [9.17, 15) is 30.7 Å². The van der Waals surface area contributed by atoms with Crippen molar-refractivity contribution >= 4 is 0 Å². The van der Waals surface area contributed by atoms with Crippen LogP contribution in [-0.2, 0) is 15.7 Å². The smallest absolute Gasteiger partial charge is 0.347 e. The fourth-order valence-corrected chi connectivity index (χ4v) is 3.54. The lowest BCUT2D eigenvalue weighted by atomic mass is 9.97. The van der Waals surface area contributed by atoms with E-state index >= 15 is 0 Å². The van der Waals surface area contributed by atoms with Crippen LogP contribution in [-0.4, -0.2) is 19.3 Å². The molecule has 0 atom stereocenters. The third-order valence-corrected chi connectivity index (χ3v) is 5.11. The van der Waals surface area contributed by atoms with Crippen molar-refractivity contribution in [2.75, 3.05) is 13.2 Å². The van der Waals surface area contributed by atoms with E-state index in [4.69, 9.17) is 15.2 Å².